The summed E-state index contributed by atoms with van der Waals surface area (Å²) in [5.74, 6) is 1.24. The van der Waals surface area contributed by atoms with E-state index < -0.39 is 0 Å². The summed E-state index contributed by atoms with van der Waals surface area (Å²) in [7, 11) is 0. The number of hydrogen-bond acceptors (Lipinski definition) is 4. The maximum absolute atomic E-state index is 13.0. The zero-order chi connectivity index (χ0) is 19.5. The molecule has 2 aromatic rings. The number of nitrogens with zero attached hydrogens (tertiary/aromatic N) is 2. The lowest BCUT2D eigenvalue weighted by atomic mass is 9.95. The van der Waals surface area contributed by atoms with Crippen molar-refractivity contribution in [3.05, 3.63) is 59.7 Å². The fourth-order valence-corrected chi connectivity index (χ4v) is 3.80. The van der Waals surface area contributed by atoms with Crippen molar-refractivity contribution in [1.82, 2.24) is 9.80 Å². The van der Waals surface area contributed by atoms with E-state index >= 15 is 0 Å². The number of ether oxygens (including phenoxy) is 2. The number of amides is 2. The van der Waals surface area contributed by atoms with Crippen LogP contribution in [-0.4, -0.2) is 54.6 Å². The third-order valence-electron chi connectivity index (χ3n) is 5.41. The Morgan fingerprint density at radius 2 is 1.61 bits per heavy atom. The average Bonchev–Trinajstić information content (AvgIpc) is 3.22. The summed E-state index contributed by atoms with van der Waals surface area (Å²) in [4.78, 5) is 29.5. The van der Waals surface area contributed by atoms with Crippen molar-refractivity contribution in [3.8, 4) is 11.5 Å². The molecule has 1 saturated heterocycles. The molecule has 28 heavy (non-hydrogen) atoms. The molecule has 0 aliphatic carbocycles. The molecule has 2 aliphatic heterocycles. The predicted octanol–water partition coefficient (Wildman–Crippen LogP) is 2.89. The number of rotatable bonds is 4. The maximum Gasteiger partial charge on any atom is 0.254 e. The first-order valence-corrected chi connectivity index (χ1v) is 9.70. The Balaban J connectivity index is 1.39. The van der Waals surface area contributed by atoms with E-state index in [1.165, 1.54) is 0 Å². The van der Waals surface area contributed by atoms with Crippen LogP contribution in [0.1, 0.15) is 35.2 Å². The minimum absolute atomic E-state index is 0.0412. The molecular formula is C22H24N2O4. The highest BCUT2D eigenvalue weighted by atomic mass is 16.7. The quantitative estimate of drug-likeness (QED) is 0.818. The molecule has 2 aliphatic rings. The Kier molecular flexibility index (Phi) is 5.19. The van der Waals surface area contributed by atoms with Crippen molar-refractivity contribution >= 4 is 11.8 Å². The molecule has 0 aromatic heterocycles. The second-order valence-corrected chi connectivity index (χ2v) is 7.06. The lowest BCUT2D eigenvalue weighted by Gasteiger charge is -2.36. The highest BCUT2D eigenvalue weighted by molar-refractivity contribution is 5.95. The summed E-state index contributed by atoms with van der Waals surface area (Å²) >= 11 is 0. The number of carbonyl (C=O) groups excluding carboxylic acids is 2. The van der Waals surface area contributed by atoms with Crippen LogP contribution in [0.2, 0.25) is 0 Å². The van der Waals surface area contributed by atoms with E-state index in [2.05, 4.69) is 0 Å². The zero-order valence-corrected chi connectivity index (χ0v) is 16.0. The van der Waals surface area contributed by atoms with Crippen molar-refractivity contribution in [2.75, 3.05) is 33.0 Å². The molecule has 0 bridgehead atoms. The number of piperazine rings is 1. The van der Waals surface area contributed by atoms with Crippen LogP contribution >= 0.6 is 0 Å². The van der Waals surface area contributed by atoms with Crippen molar-refractivity contribution < 1.29 is 19.1 Å². The van der Waals surface area contributed by atoms with Crippen molar-refractivity contribution in [3.63, 3.8) is 0 Å². The second-order valence-electron chi connectivity index (χ2n) is 7.06. The van der Waals surface area contributed by atoms with Crippen LogP contribution in [0.15, 0.2) is 48.5 Å². The largest absolute Gasteiger partial charge is 0.454 e. The highest BCUT2D eigenvalue weighted by Gasteiger charge is 2.29. The van der Waals surface area contributed by atoms with E-state index in [9.17, 15) is 9.59 Å². The molecule has 0 saturated carbocycles. The monoisotopic (exact) mass is 380 g/mol. The van der Waals surface area contributed by atoms with Crippen LogP contribution in [0.25, 0.3) is 0 Å². The van der Waals surface area contributed by atoms with Gasteiger partial charge in [-0.05, 0) is 30.2 Å². The fraction of sp³-hybridized carbons (Fsp3) is 0.364. The summed E-state index contributed by atoms with van der Waals surface area (Å²) in [5, 5.41) is 0. The molecule has 146 valence electrons. The Bertz CT molecular complexity index is 860. The van der Waals surface area contributed by atoms with Gasteiger partial charge in [-0.1, -0.05) is 37.3 Å². The molecule has 4 rings (SSSR count). The third kappa shape index (κ3) is 3.54. The SMILES string of the molecule is CC[C@H](C(=O)N1CCN(C(=O)c2ccc3c(c2)OCO3)CC1)c1ccccc1. The van der Waals surface area contributed by atoms with Gasteiger partial charge in [-0.25, -0.2) is 0 Å². The minimum Gasteiger partial charge on any atom is -0.454 e. The lowest BCUT2D eigenvalue weighted by Crippen LogP contribution is -2.51. The van der Waals surface area contributed by atoms with Crippen LogP contribution in [0.3, 0.4) is 0 Å². The van der Waals surface area contributed by atoms with Gasteiger partial charge in [0, 0.05) is 31.7 Å². The van der Waals surface area contributed by atoms with Gasteiger partial charge < -0.3 is 19.3 Å². The van der Waals surface area contributed by atoms with Crippen LogP contribution in [-0.2, 0) is 4.79 Å². The summed E-state index contributed by atoms with van der Waals surface area (Å²) in [5.41, 5.74) is 1.63. The molecule has 0 radical (unpaired) electrons. The maximum atomic E-state index is 13.0. The van der Waals surface area contributed by atoms with Gasteiger partial charge in [0.15, 0.2) is 11.5 Å². The number of carbonyl (C=O) groups is 2. The van der Waals surface area contributed by atoms with Crippen LogP contribution < -0.4 is 9.47 Å². The second kappa shape index (κ2) is 7.92. The van der Waals surface area contributed by atoms with Crippen LogP contribution in [0.5, 0.6) is 11.5 Å². The van der Waals surface area contributed by atoms with Crippen molar-refractivity contribution in [2.45, 2.75) is 19.3 Å². The highest BCUT2D eigenvalue weighted by Crippen LogP contribution is 2.33. The van der Waals surface area contributed by atoms with E-state index in [0.717, 1.165) is 12.0 Å². The summed E-state index contributed by atoms with van der Waals surface area (Å²) in [6.07, 6.45) is 0.763. The molecule has 0 spiro atoms. The van der Waals surface area contributed by atoms with Crippen LogP contribution in [0, 0.1) is 0 Å². The smallest absolute Gasteiger partial charge is 0.254 e. The lowest BCUT2D eigenvalue weighted by molar-refractivity contribution is -0.134. The van der Waals surface area contributed by atoms with E-state index in [-0.39, 0.29) is 24.5 Å². The summed E-state index contributed by atoms with van der Waals surface area (Å²) in [6, 6.07) is 15.2. The molecule has 2 amide bonds. The Labute approximate surface area is 164 Å². The van der Waals surface area contributed by atoms with Gasteiger partial charge >= 0.3 is 0 Å². The average molecular weight is 380 g/mol. The van der Waals surface area contributed by atoms with E-state index in [0.29, 0.717) is 43.2 Å². The van der Waals surface area contributed by atoms with Gasteiger partial charge in [0.2, 0.25) is 12.7 Å². The topological polar surface area (TPSA) is 59.1 Å². The van der Waals surface area contributed by atoms with Crippen molar-refractivity contribution in [1.29, 1.82) is 0 Å². The van der Waals surface area contributed by atoms with Gasteiger partial charge in [-0.15, -0.1) is 0 Å². The Hall–Kier alpha value is -3.02. The molecular weight excluding hydrogens is 356 g/mol. The van der Waals surface area contributed by atoms with Gasteiger partial charge in [-0.2, -0.15) is 0 Å². The van der Waals surface area contributed by atoms with Crippen molar-refractivity contribution in [2.24, 2.45) is 0 Å². The molecule has 2 aromatic carbocycles. The van der Waals surface area contributed by atoms with Gasteiger partial charge in [0.05, 0.1) is 5.92 Å². The zero-order valence-electron chi connectivity index (χ0n) is 16.0. The van der Waals surface area contributed by atoms with E-state index in [1.54, 1.807) is 23.1 Å². The molecule has 2 heterocycles. The Morgan fingerprint density at radius 1 is 0.929 bits per heavy atom. The minimum atomic E-state index is -0.127. The normalized spacial score (nSPS) is 16.8. The molecule has 6 heteroatoms. The molecule has 0 N–H and O–H groups in total. The first-order valence-electron chi connectivity index (χ1n) is 9.70. The first kappa shape index (κ1) is 18.3. The predicted molar refractivity (Wildman–Crippen MR) is 105 cm³/mol. The molecule has 0 unspecified atom stereocenters. The number of fused-ring (bicyclic) bond motifs is 1. The standard InChI is InChI=1S/C22H24N2O4/c1-2-18(16-6-4-3-5-7-16)22(26)24-12-10-23(11-13-24)21(25)17-8-9-19-20(14-17)28-15-27-19/h3-9,14,18H,2,10-13,15H2,1H3/t18-/m0/s1. The first-order chi connectivity index (χ1) is 13.7. The summed E-state index contributed by atoms with van der Waals surface area (Å²) in [6.45, 7) is 4.40. The van der Waals surface area contributed by atoms with Crippen LogP contribution in [0.4, 0.5) is 0 Å². The third-order valence-corrected chi connectivity index (χ3v) is 5.41. The summed E-state index contributed by atoms with van der Waals surface area (Å²) < 4.78 is 10.7. The van der Waals surface area contributed by atoms with Gasteiger partial charge in [0.1, 0.15) is 0 Å². The Morgan fingerprint density at radius 3 is 2.32 bits per heavy atom. The number of hydrogen-bond donors (Lipinski definition) is 0. The molecule has 1 fully saturated rings. The van der Waals surface area contributed by atoms with E-state index in [1.807, 2.05) is 42.2 Å². The van der Waals surface area contributed by atoms with E-state index in [4.69, 9.17) is 9.47 Å². The fourth-order valence-electron chi connectivity index (χ4n) is 3.80. The molecule has 1 atom stereocenters. The molecule has 6 nitrogen and oxygen atoms in total. The van der Waals surface area contributed by atoms with Gasteiger partial charge in [-0.3, -0.25) is 9.59 Å². The number of benzene rings is 2. The van der Waals surface area contributed by atoms with Gasteiger partial charge in [0.25, 0.3) is 5.91 Å².